The average Bonchev–Trinajstić information content (AvgIpc) is 3.30. The predicted molar refractivity (Wildman–Crippen MR) is 121 cm³/mol. The molecule has 2 heterocycles. The third-order valence-corrected chi connectivity index (χ3v) is 5.55. The highest BCUT2D eigenvalue weighted by Crippen LogP contribution is 2.31. The average molecular weight is 429 g/mol. The Balaban J connectivity index is 1.77. The summed E-state index contributed by atoms with van der Waals surface area (Å²) in [5.41, 5.74) is 2.49. The van der Waals surface area contributed by atoms with Gasteiger partial charge < -0.3 is 10.1 Å². The molecule has 3 N–H and O–H groups in total. The van der Waals surface area contributed by atoms with Gasteiger partial charge in [0, 0.05) is 28.1 Å². The van der Waals surface area contributed by atoms with Crippen LogP contribution in [0.15, 0.2) is 29.6 Å². The van der Waals surface area contributed by atoms with Gasteiger partial charge in [0.15, 0.2) is 0 Å². The Bertz CT molecular complexity index is 1040. The molecule has 160 valence electrons. The molecule has 0 aliphatic heterocycles. The smallest absolute Gasteiger partial charge is 0.412 e. The molecule has 7 nitrogen and oxygen atoms in total. The van der Waals surface area contributed by atoms with Crippen molar-refractivity contribution in [3.63, 3.8) is 0 Å². The molecule has 30 heavy (non-hydrogen) atoms. The number of aromatic nitrogens is 2. The fourth-order valence-electron chi connectivity index (χ4n) is 3.07. The van der Waals surface area contributed by atoms with Crippen LogP contribution in [0.4, 0.5) is 10.5 Å². The van der Waals surface area contributed by atoms with Crippen LogP contribution in [0.3, 0.4) is 0 Å². The first kappa shape index (κ1) is 21.8. The number of ether oxygens (including phenoxy) is 1. The monoisotopic (exact) mass is 428 g/mol. The van der Waals surface area contributed by atoms with E-state index in [1.807, 2.05) is 44.4 Å². The van der Waals surface area contributed by atoms with Gasteiger partial charge in [-0.1, -0.05) is 13.8 Å². The van der Waals surface area contributed by atoms with Gasteiger partial charge in [-0.05, 0) is 57.9 Å². The van der Waals surface area contributed by atoms with Gasteiger partial charge in [0.05, 0.1) is 10.4 Å². The normalized spacial score (nSPS) is 11.7. The summed E-state index contributed by atoms with van der Waals surface area (Å²) in [6.45, 7) is 9.58. The first-order valence-corrected chi connectivity index (χ1v) is 11.0. The number of hydrogen-bond donors (Lipinski definition) is 3. The highest BCUT2D eigenvalue weighted by Gasteiger charge is 2.18. The molecule has 0 saturated carbocycles. The number of thiophene rings is 1. The van der Waals surface area contributed by atoms with Crippen molar-refractivity contribution in [2.75, 3.05) is 5.32 Å². The summed E-state index contributed by atoms with van der Waals surface area (Å²) in [7, 11) is 0. The molecular formula is C22H28N4O3S. The first-order valence-electron chi connectivity index (χ1n) is 10.1. The van der Waals surface area contributed by atoms with Gasteiger partial charge in [-0.15, -0.1) is 11.3 Å². The van der Waals surface area contributed by atoms with Crippen LogP contribution in [-0.2, 0) is 4.74 Å². The fourth-order valence-corrected chi connectivity index (χ4v) is 3.86. The Kier molecular flexibility index (Phi) is 6.45. The number of fused-ring (bicyclic) bond motifs is 1. The number of nitrogens with zero attached hydrogens (tertiary/aromatic N) is 1. The Labute approximate surface area is 180 Å². The minimum absolute atomic E-state index is 0.0522. The van der Waals surface area contributed by atoms with Gasteiger partial charge in [0.2, 0.25) is 0 Å². The van der Waals surface area contributed by atoms with Crippen LogP contribution in [0.25, 0.3) is 22.2 Å². The minimum atomic E-state index is -0.563. The van der Waals surface area contributed by atoms with E-state index in [0.717, 1.165) is 35.0 Å². The molecule has 0 spiro atoms. The molecule has 1 aromatic carbocycles. The fraction of sp³-hybridized carbons (Fsp3) is 0.409. The number of rotatable bonds is 6. The van der Waals surface area contributed by atoms with Crippen LogP contribution in [0.5, 0.6) is 0 Å². The van der Waals surface area contributed by atoms with Gasteiger partial charge in [0.25, 0.3) is 5.91 Å². The molecule has 0 aliphatic carbocycles. The third-order valence-electron chi connectivity index (χ3n) is 4.63. The first-order chi connectivity index (χ1) is 14.2. The number of nitrogens with one attached hydrogen (secondary N) is 3. The summed E-state index contributed by atoms with van der Waals surface area (Å²) in [4.78, 5) is 25.1. The summed E-state index contributed by atoms with van der Waals surface area (Å²) >= 11 is 1.40. The van der Waals surface area contributed by atoms with Gasteiger partial charge in [0.1, 0.15) is 11.3 Å². The van der Waals surface area contributed by atoms with Crippen molar-refractivity contribution in [2.24, 2.45) is 0 Å². The Morgan fingerprint density at radius 2 is 1.93 bits per heavy atom. The van der Waals surface area contributed by atoms with E-state index in [1.54, 1.807) is 6.07 Å². The molecule has 0 aliphatic rings. The molecule has 0 fully saturated rings. The topological polar surface area (TPSA) is 96.1 Å². The highest BCUT2D eigenvalue weighted by atomic mass is 32.1. The maximum atomic E-state index is 12.5. The number of benzene rings is 1. The van der Waals surface area contributed by atoms with Gasteiger partial charge in [-0.25, -0.2) is 4.79 Å². The van der Waals surface area contributed by atoms with Crippen molar-refractivity contribution in [1.82, 2.24) is 15.5 Å². The van der Waals surface area contributed by atoms with Gasteiger partial charge in [-0.3, -0.25) is 15.2 Å². The molecule has 0 radical (unpaired) electrons. The molecule has 2 aromatic heterocycles. The van der Waals surface area contributed by atoms with E-state index in [-0.39, 0.29) is 11.9 Å². The minimum Gasteiger partial charge on any atom is -0.444 e. The van der Waals surface area contributed by atoms with E-state index >= 15 is 0 Å². The molecule has 8 heteroatoms. The summed E-state index contributed by atoms with van der Waals surface area (Å²) in [5.74, 6) is -0.0522. The van der Waals surface area contributed by atoms with Crippen molar-refractivity contribution in [1.29, 1.82) is 0 Å². The van der Waals surface area contributed by atoms with E-state index in [0.29, 0.717) is 10.6 Å². The van der Waals surface area contributed by atoms with Crippen molar-refractivity contribution < 1.29 is 14.3 Å². The molecular weight excluding hydrogens is 400 g/mol. The summed E-state index contributed by atoms with van der Waals surface area (Å²) in [6.07, 6.45) is 1.31. The van der Waals surface area contributed by atoms with Crippen LogP contribution in [-0.4, -0.2) is 33.8 Å². The number of H-pyrrole nitrogens is 1. The zero-order chi connectivity index (χ0) is 21.9. The Morgan fingerprint density at radius 3 is 2.60 bits per heavy atom. The van der Waals surface area contributed by atoms with Gasteiger partial charge in [-0.2, -0.15) is 5.10 Å². The Hall–Kier alpha value is -2.87. The van der Waals surface area contributed by atoms with E-state index in [2.05, 4.69) is 34.7 Å². The van der Waals surface area contributed by atoms with Crippen LogP contribution in [0, 0.1) is 0 Å². The van der Waals surface area contributed by atoms with Crippen molar-refractivity contribution in [2.45, 2.75) is 59.1 Å². The van der Waals surface area contributed by atoms with E-state index in [9.17, 15) is 9.59 Å². The van der Waals surface area contributed by atoms with E-state index < -0.39 is 11.7 Å². The second kappa shape index (κ2) is 8.87. The number of carbonyl (C=O) groups excluding carboxylic acids is 2. The van der Waals surface area contributed by atoms with E-state index in [4.69, 9.17) is 4.74 Å². The van der Waals surface area contributed by atoms with Crippen molar-refractivity contribution in [3.8, 4) is 11.3 Å². The number of hydrogen-bond acceptors (Lipinski definition) is 5. The molecule has 2 amide bonds. The summed E-state index contributed by atoms with van der Waals surface area (Å²) in [6, 6.07) is 7.55. The van der Waals surface area contributed by atoms with Crippen LogP contribution >= 0.6 is 11.3 Å². The summed E-state index contributed by atoms with van der Waals surface area (Å²) < 4.78 is 5.28. The zero-order valence-electron chi connectivity index (χ0n) is 18.0. The number of aromatic amines is 1. The van der Waals surface area contributed by atoms with Crippen molar-refractivity contribution in [3.05, 3.63) is 34.5 Å². The van der Waals surface area contributed by atoms with Crippen LogP contribution in [0.2, 0.25) is 0 Å². The number of amides is 2. The maximum Gasteiger partial charge on any atom is 0.412 e. The van der Waals surface area contributed by atoms with Gasteiger partial charge >= 0.3 is 6.09 Å². The lowest BCUT2D eigenvalue weighted by molar-refractivity contribution is 0.0635. The SMILES string of the molecule is CCC(CC)NC(=O)c1cc(-c2n[nH]c3cc(NC(=O)OC(C)(C)C)ccc23)cs1. The number of carbonyl (C=O) groups is 2. The molecule has 0 atom stereocenters. The Morgan fingerprint density at radius 1 is 1.20 bits per heavy atom. The second-order valence-corrected chi connectivity index (χ2v) is 9.06. The quantitative estimate of drug-likeness (QED) is 0.479. The molecule has 0 bridgehead atoms. The van der Waals surface area contributed by atoms with Crippen LogP contribution < -0.4 is 10.6 Å². The predicted octanol–water partition coefficient (Wildman–Crippen LogP) is 5.56. The maximum absolute atomic E-state index is 12.5. The molecule has 0 saturated heterocycles. The zero-order valence-corrected chi connectivity index (χ0v) is 18.8. The lowest BCUT2D eigenvalue weighted by Gasteiger charge is -2.19. The lowest BCUT2D eigenvalue weighted by atomic mass is 10.1. The number of anilines is 1. The summed E-state index contributed by atoms with van der Waals surface area (Å²) in [5, 5.41) is 16.1. The van der Waals surface area contributed by atoms with Crippen LogP contribution in [0.1, 0.15) is 57.1 Å². The molecule has 3 aromatic rings. The second-order valence-electron chi connectivity index (χ2n) is 8.15. The highest BCUT2D eigenvalue weighted by molar-refractivity contribution is 7.12. The molecule has 3 rings (SSSR count). The third kappa shape index (κ3) is 5.18. The largest absolute Gasteiger partial charge is 0.444 e. The van der Waals surface area contributed by atoms with E-state index in [1.165, 1.54) is 11.3 Å². The van der Waals surface area contributed by atoms with Crippen molar-refractivity contribution >= 4 is 39.9 Å². The standard InChI is InChI=1S/C22H28N4O3S/c1-6-14(7-2)23-20(27)18-10-13(12-30-18)19-16-9-8-15(11-17(16)25-26-19)24-21(28)29-22(3,4)5/h8-12,14H,6-7H2,1-5H3,(H,23,27)(H,24,28)(H,25,26). The lowest BCUT2D eigenvalue weighted by Crippen LogP contribution is -2.33. The molecule has 0 unspecified atom stereocenters.